The molecule has 18 heavy (non-hydrogen) atoms. The lowest BCUT2D eigenvalue weighted by molar-refractivity contribution is 1.44. The van der Waals surface area contributed by atoms with Crippen molar-refractivity contribution in [3.63, 3.8) is 0 Å². The highest BCUT2D eigenvalue weighted by Crippen LogP contribution is 2.29. The van der Waals surface area contributed by atoms with E-state index in [-0.39, 0.29) is 0 Å². The second-order valence-electron chi connectivity index (χ2n) is 4.46. The van der Waals surface area contributed by atoms with E-state index >= 15 is 0 Å². The first-order chi connectivity index (χ1) is 8.74. The van der Waals surface area contributed by atoms with Gasteiger partial charge in [-0.15, -0.1) is 0 Å². The van der Waals surface area contributed by atoms with Crippen LogP contribution in [0.25, 0.3) is 10.9 Å². The molecule has 0 saturated heterocycles. The minimum Gasteiger partial charge on any atom is -0.397 e. The molecule has 90 valence electrons. The van der Waals surface area contributed by atoms with Crippen molar-refractivity contribution in [3.05, 3.63) is 54.2 Å². The second-order valence-corrected chi connectivity index (χ2v) is 4.46. The molecule has 0 saturated carbocycles. The number of hydrogen-bond acceptors (Lipinski definition) is 2. The van der Waals surface area contributed by atoms with Crippen molar-refractivity contribution in [2.75, 3.05) is 11.1 Å². The monoisotopic (exact) mass is 237 g/mol. The van der Waals surface area contributed by atoms with Gasteiger partial charge in [-0.2, -0.15) is 0 Å². The number of aromatic nitrogens is 1. The topological polar surface area (TPSA) is 53.8 Å². The lowest BCUT2D eigenvalue weighted by Crippen LogP contribution is -1.96. The predicted octanol–water partition coefficient (Wildman–Crippen LogP) is 3.80. The van der Waals surface area contributed by atoms with E-state index in [4.69, 9.17) is 5.73 Å². The number of rotatable bonds is 2. The van der Waals surface area contributed by atoms with Crippen LogP contribution in [0.1, 0.15) is 5.56 Å². The van der Waals surface area contributed by atoms with Crippen LogP contribution in [0.4, 0.5) is 17.1 Å². The van der Waals surface area contributed by atoms with Gasteiger partial charge >= 0.3 is 0 Å². The average Bonchev–Trinajstić information content (AvgIpc) is 2.78. The lowest BCUT2D eigenvalue weighted by Gasteiger charge is -2.09. The summed E-state index contributed by atoms with van der Waals surface area (Å²) in [5.41, 5.74) is 11.0. The van der Waals surface area contributed by atoms with Crippen LogP contribution in [0.15, 0.2) is 48.7 Å². The van der Waals surface area contributed by atoms with Crippen molar-refractivity contribution in [3.8, 4) is 0 Å². The van der Waals surface area contributed by atoms with E-state index in [0.717, 1.165) is 22.6 Å². The smallest absolute Gasteiger partial charge is 0.0642 e. The van der Waals surface area contributed by atoms with E-state index in [1.54, 1.807) is 0 Å². The number of para-hydroxylation sites is 1. The van der Waals surface area contributed by atoms with Crippen LogP contribution in [0.3, 0.4) is 0 Å². The fourth-order valence-electron chi connectivity index (χ4n) is 2.10. The van der Waals surface area contributed by atoms with E-state index in [1.165, 1.54) is 10.9 Å². The van der Waals surface area contributed by atoms with Gasteiger partial charge in [-0.05, 0) is 30.7 Å². The zero-order valence-electron chi connectivity index (χ0n) is 10.2. The maximum Gasteiger partial charge on any atom is 0.0642 e. The van der Waals surface area contributed by atoms with E-state index in [2.05, 4.69) is 35.4 Å². The number of nitrogen functional groups attached to an aromatic ring is 1. The summed E-state index contributed by atoms with van der Waals surface area (Å²) in [6, 6.07) is 14.2. The fourth-order valence-corrected chi connectivity index (χ4v) is 2.10. The molecular weight excluding hydrogens is 222 g/mol. The van der Waals surface area contributed by atoms with Crippen molar-refractivity contribution < 1.29 is 0 Å². The Hall–Kier alpha value is -2.42. The third-order valence-electron chi connectivity index (χ3n) is 3.07. The number of anilines is 3. The Kier molecular flexibility index (Phi) is 2.45. The Morgan fingerprint density at radius 2 is 1.89 bits per heavy atom. The van der Waals surface area contributed by atoms with Gasteiger partial charge in [0.2, 0.25) is 0 Å². The molecular formula is C15H15N3. The number of fused-ring (bicyclic) bond motifs is 1. The number of benzene rings is 2. The Morgan fingerprint density at radius 3 is 2.78 bits per heavy atom. The highest BCUT2D eigenvalue weighted by molar-refractivity contribution is 5.95. The second kappa shape index (κ2) is 4.11. The maximum atomic E-state index is 5.98. The molecule has 3 aromatic rings. The van der Waals surface area contributed by atoms with Crippen molar-refractivity contribution in [1.82, 2.24) is 4.98 Å². The summed E-state index contributed by atoms with van der Waals surface area (Å²) >= 11 is 0. The van der Waals surface area contributed by atoms with Gasteiger partial charge in [0, 0.05) is 17.1 Å². The fraction of sp³-hybridized carbons (Fsp3) is 0.0667. The van der Waals surface area contributed by atoms with Gasteiger partial charge in [-0.25, -0.2) is 0 Å². The zero-order valence-corrected chi connectivity index (χ0v) is 10.2. The minimum atomic E-state index is 0.755. The van der Waals surface area contributed by atoms with Gasteiger partial charge in [-0.1, -0.05) is 24.3 Å². The molecule has 0 aliphatic carbocycles. The van der Waals surface area contributed by atoms with Crippen LogP contribution in [0.5, 0.6) is 0 Å². The van der Waals surface area contributed by atoms with Crippen LogP contribution < -0.4 is 11.1 Å². The van der Waals surface area contributed by atoms with Crippen molar-refractivity contribution in [2.45, 2.75) is 6.92 Å². The molecule has 3 nitrogen and oxygen atoms in total. The molecule has 3 rings (SSSR count). The van der Waals surface area contributed by atoms with Crippen LogP contribution in [-0.4, -0.2) is 4.98 Å². The third kappa shape index (κ3) is 1.80. The van der Waals surface area contributed by atoms with Crippen molar-refractivity contribution in [1.29, 1.82) is 0 Å². The van der Waals surface area contributed by atoms with E-state index < -0.39 is 0 Å². The molecule has 0 spiro atoms. The van der Waals surface area contributed by atoms with E-state index in [9.17, 15) is 0 Å². The summed E-state index contributed by atoms with van der Waals surface area (Å²) in [6.07, 6.45) is 1.96. The first kappa shape index (κ1) is 10.7. The SMILES string of the molecule is Cc1ccc(N)c(Nc2c[nH]c3ccccc23)c1. The number of aromatic amines is 1. The van der Waals surface area contributed by atoms with Gasteiger partial charge in [0.05, 0.1) is 17.1 Å². The van der Waals surface area contributed by atoms with Crippen LogP contribution in [-0.2, 0) is 0 Å². The van der Waals surface area contributed by atoms with Crippen LogP contribution >= 0.6 is 0 Å². The first-order valence-corrected chi connectivity index (χ1v) is 5.93. The van der Waals surface area contributed by atoms with Crippen LogP contribution in [0, 0.1) is 6.92 Å². The molecule has 2 aromatic carbocycles. The predicted molar refractivity (Wildman–Crippen MR) is 77.2 cm³/mol. The normalized spacial score (nSPS) is 10.7. The van der Waals surface area contributed by atoms with Gasteiger partial charge in [0.15, 0.2) is 0 Å². The molecule has 0 bridgehead atoms. The molecule has 0 aliphatic rings. The molecule has 3 heteroatoms. The summed E-state index contributed by atoms with van der Waals surface area (Å²) < 4.78 is 0. The zero-order chi connectivity index (χ0) is 12.5. The number of hydrogen-bond donors (Lipinski definition) is 3. The summed E-state index contributed by atoms with van der Waals surface area (Å²) in [4.78, 5) is 3.24. The van der Waals surface area contributed by atoms with Gasteiger partial charge < -0.3 is 16.0 Å². The third-order valence-corrected chi connectivity index (χ3v) is 3.07. The van der Waals surface area contributed by atoms with Crippen molar-refractivity contribution >= 4 is 28.0 Å². The van der Waals surface area contributed by atoms with Crippen LogP contribution in [0.2, 0.25) is 0 Å². The Morgan fingerprint density at radius 1 is 1.06 bits per heavy atom. The van der Waals surface area contributed by atoms with Crippen molar-refractivity contribution in [2.24, 2.45) is 0 Å². The summed E-state index contributed by atoms with van der Waals surface area (Å²) in [5.74, 6) is 0. The number of aryl methyl sites for hydroxylation is 1. The van der Waals surface area contributed by atoms with E-state index in [1.807, 2.05) is 30.5 Å². The Bertz CT molecular complexity index is 698. The van der Waals surface area contributed by atoms with Gasteiger partial charge in [0.25, 0.3) is 0 Å². The number of H-pyrrole nitrogens is 1. The minimum absolute atomic E-state index is 0.755. The standard InChI is InChI=1S/C15H15N3/c1-10-6-7-12(16)14(8-10)18-15-9-17-13-5-3-2-4-11(13)15/h2-9,17-18H,16H2,1H3. The summed E-state index contributed by atoms with van der Waals surface area (Å²) in [6.45, 7) is 2.06. The molecule has 0 fully saturated rings. The summed E-state index contributed by atoms with van der Waals surface area (Å²) in [7, 11) is 0. The summed E-state index contributed by atoms with van der Waals surface area (Å²) in [5, 5.41) is 4.54. The quantitative estimate of drug-likeness (QED) is 0.594. The highest BCUT2D eigenvalue weighted by atomic mass is 14.9. The molecule has 1 heterocycles. The highest BCUT2D eigenvalue weighted by Gasteiger charge is 2.05. The molecule has 0 amide bonds. The Balaban J connectivity index is 2.04. The molecule has 0 radical (unpaired) electrons. The van der Waals surface area contributed by atoms with Gasteiger partial charge in [-0.3, -0.25) is 0 Å². The molecule has 0 atom stereocenters. The molecule has 4 N–H and O–H groups in total. The number of nitrogens with one attached hydrogen (secondary N) is 2. The lowest BCUT2D eigenvalue weighted by atomic mass is 10.2. The molecule has 1 aromatic heterocycles. The average molecular weight is 237 g/mol. The molecule has 0 unspecified atom stereocenters. The maximum absolute atomic E-state index is 5.98. The first-order valence-electron chi connectivity index (χ1n) is 5.93. The van der Waals surface area contributed by atoms with Gasteiger partial charge in [0.1, 0.15) is 0 Å². The Labute approximate surface area is 106 Å². The largest absolute Gasteiger partial charge is 0.397 e. The molecule has 0 aliphatic heterocycles. The van der Waals surface area contributed by atoms with E-state index in [0.29, 0.717) is 0 Å². The number of nitrogens with two attached hydrogens (primary N) is 1.